The molecule has 9 nitrogen and oxygen atoms in total. The van der Waals surface area contributed by atoms with Crippen molar-refractivity contribution in [2.75, 3.05) is 32.6 Å². The lowest BCUT2D eigenvalue weighted by Gasteiger charge is -2.33. The molecule has 0 aliphatic carbocycles. The monoisotopic (exact) mass is 363 g/mol. The number of nitrogens with one attached hydrogen (secondary N) is 2. The first kappa shape index (κ1) is 17.8. The largest absolute Gasteiger partial charge is 0.493 e. The highest BCUT2D eigenvalue weighted by molar-refractivity contribution is 5.74. The fourth-order valence-electron chi connectivity index (χ4n) is 3.09. The van der Waals surface area contributed by atoms with Crippen LogP contribution in [-0.2, 0) is 11.3 Å². The van der Waals surface area contributed by atoms with Gasteiger partial charge in [-0.3, -0.25) is 9.32 Å². The standard InChI is InChI=1S/C17H22N4O5/c1-24-14-6-5-12(8-15(14)25-2)18-13-4-3-7-20(9-13)16(22)10-21-11-17(23)26-19-21/h5-6,8,11,13,18H,3-4,7,9-10H2,1-2H3/p+1. The summed E-state index contributed by atoms with van der Waals surface area (Å²) in [5.41, 5.74) is 0.403. The van der Waals surface area contributed by atoms with Crippen LogP contribution >= 0.6 is 0 Å². The quantitative estimate of drug-likeness (QED) is 0.720. The zero-order valence-electron chi connectivity index (χ0n) is 14.9. The van der Waals surface area contributed by atoms with Crippen molar-refractivity contribution in [3.05, 3.63) is 34.8 Å². The van der Waals surface area contributed by atoms with Gasteiger partial charge in [-0.25, -0.2) is 4.79 Å². The van der Waals surface area contributed by atoms with Gasteiger partial charge in [0.1, 0.15) is 0 Å². The van der Waals surface area contributed by atoms with Crippen molar-refractivity contribution in [3.8, 4) is 11.5 Å². The van der Waals surface area contributed by atoms with Crippen molar-refractivity contribution in [1.82, 2.24) is 10.2 Å². The summed E-state index contributed by atoms with van der Waals surface area (Å²) in [5.74, 6) is 1.26. The summed E-state index contributed by atoms with van der Waals surface area (Å²) in [5, 5.41) is 5.84. The summed E-state index contributed by atoms with van der Waals surface area (Å²) in [7, 11) is 3.20. The fourth-order valence-corrected chi connectivity index (χ4v) is 3.09. The van der Waals surface area contributed by atoms with Gasteiger partial charge in [0.05, 0.1) is 14.2 Å². The lowest BCUT2D eigenvalue weighted by Crippen LogP contribution is -2.51. The Morgan fingerprint density at radius 1 is 1.38 bits per heavy atom. The predicted molar refractivity (Wildman–Crippen MR) is 92.3 cm³/mol. The number of anilines is 1. The van der Waals surface area contributed by atoms with Gasteiger partial charge in [-0.05, 0) is 30.2 Å². The molecule has 1 aromatic carbocycles. The molecule has 1 aliphatic rings. The Morgan fingerprint density at radius 3 is 2.88 bits per heavy atom. The van der Waals surface area contributed by atoms with Gasteiger partial charge >= 0.3 is 5.63 Å². The molecular weight excluding hydrogens is 340 g/mol. The summed E-state index contributed by atoms with van der Waals surface area (Å²) in [6.45, 7) is 1.34. The molecular formula is C17H23N4O5+. The molecule has 3 rings (SSSR count). The molecule has 1 unspecified atom stereocenters. The minimum absolute atomic E-state index is 0.0504. The molecule has 1 fully saturated rings. The van der Waals surface area contributed by atoms with E-state index >= 15 is 0 Å². The molecule has 9 heteroatoms. The number of aromatic amines is 1. The van der Waals surface area contributed by atoms with Crippen molar-refractivity contribution in [3.63, 3.8) is 0 Å². The minimum atomic E-state index is -0.510. The van der Waals surface area contributed by atoms with E-state index in [2.05, 4.69) is 15.1 Å². The first-order valence-electron chi connectivity index (χ1n) is 8.43. The van der Waals surface area contributed by atoms with Crippen LogP contribution in [0.15, 0.2) is 33.7 Å². The van der Waals surface area contributed by atoms with Crippen LogP contribution in [0.1, 0.15) is 12.8 Å². The first-order chi connectivity index (χ1) is 12.6. The lowest BCUT2D eigenvalue weighted by atomic mass is 10.0. The molecule has 1 amide bonds. The van der Waals surface area contributed by atoms with Crippen molar-refractivity contribution in [2.45, 2.75) is 25.4 Å². The zero-order valence-corrected chi connectivity index (χ0v) is 14.9. The third-order valence-electron chi connectivity index (χ3n) is 4.36. The maximum Gasteiger partial charge on any atom is 0.426 e. The number of hydrogen-bond acceptors (Lipinski definition) is 6. The third kappa shape index (κ3) is 4.16. The second-order valence-corrected chi connectivity index (χ2v) is 6.16. The highest BCUT2D eigenvalue weighted by atomic mass is 16.5. The van der Waals surface area contributed by atoms with Gasteiger partial charge in [0.15, 0.2) is 11.5 Å². The van der Waals surface area contributed by atoms with E-state index in [1.54, 1.807) is 19.1 Å². The summed E-state index contributed by atoms with van der Waals surface area (Å²) in [6, 6.07) is 5.79. The van der Waals surface area contributed by atoms with Crippen LogP contribution in [0.25, 0.3) is 0 Å². The number of likely N-dealkylation sites (tertiary alicyclic amines) is 1. The average molecular weight is 363 g/mol. The van der Waals surface area contributed by atoms with Gasteiger partial charge in [0.2, 0.25) is 0 Å². The van der Waals surface area contributed by atoms with E-state index in [9.17, 15) is 9.59 Å². The number of H-pyrrole nitrogens is 1. The Morgan fingerprint density at radius 2 is 2.19 bits per heavy atom. The van der Waals surface area contributed by atoms with Crippen LogP contribution in [0.4, 0.5) is 5.69 Å². The number of aromatic nitrogens is 2. The van der Waals surface area contributed by atoms with E-state index in [1.165, 1.54) is 10.9 Å². The Labute approximate surface area is 150 Å². The number of carbonyl (C=O) groups is 1. The van der Waals surface area contributed by atoms with E-state index in [1.807, 2.05) is 18.2 Å². The number of ether oxygens (including phenoxy) is 2. The Balaban J connectivity index is 1.61. The normalized spacial score (nSPS) is 17.0. The topological polar surface area (TPSA) is 101 Å². The number of methoxy groups -OCH3 is 2. The fraction of sp³-hybridized carbons (Fsp3) is 0.471. The van der Waals surface area contributed by atoms with Gasteiger partial charge in [0, 0.05) is 30.9 Å². The molecule has 0 saturated carbocycles. The van der Waals surface area contributed by atoms with Crippen LogP contribution < -0.4 is 25.1 Å². The number of rotatable bonds is 6. The van der Waals surface area contributed by atoms with Gasteiger partial charge in [0.25, 0.3) is 18.6 Å². The molecule has 1 aliphatic heterocycles. The van der Waals surface area contributed by atoms with E-state index in [0.29, 0.717) is 24.6 Å². The number of nitrogens with zero attached hydrogens (tertiary/aromatic N) is 2. The molecule has 0 radical (unpaired) electrons. The predicted octanol–water partition coefficient (Wildman–Crippen LogP) is 0.376. The lowest BCUT2D eigenvalue weighted by molar-refractivity contribution is -0.751. The van der Waals surface area contributed by atoms with E-state index < -0.39 is 5.63 Å². The molecule has 0 spiro atoms. The van der Waals surface area contributed by atoms with E-state index in [4.69, 9.17) is 9.47 Å². The smallest absolute Gasteiger partial charge is 0.426 e. The van der Waals surface area contributed by atoms with Crippen LogP contribution in [0, 0.1) is 0 Å². The molecule has 0 bridgehead atoms. The van der Waals surface area contributed by atoms with Gasteiger partial charge in [-0.1, -0.05) is 4.68 Å². The third-order valence-corrected chi connectivity index (χ3v) is 4.36. The number of carbonyl (C=O) groups excluding carboxylic acids is 1. The number of amides is 1. The SMILES string of the molecule is COc1ccc(NC2CCCN(C(=O)C[n+]3cc(=O)o[nH]3)C2)cc1OC. The maximum atomic E-state index is 12.4. The molecule has 1 aromatic heterocycles. The van der Waals surface area contributed by atoms with Crippen LogP contribution in [-0.4, -0.2) is 49.4 Å². The molecule has 2 aromatic rings. The number of benzene rings is 1. The molecule has 1 atom stereocenters. The molecule has 26 heavy (non-hydrogen) atoms. The Kier molecular flexibility index (Phi) is 5.45. The van der Waals surface area contributed by atoms with Crippen LogP contribution in [0.2, 0.25) is 0 Å². The highest BCUT2D eigenvalue weighted by Crippen LogP contribution is 2.30. The van der Waals surface area contributed by atoms with E-state index in [0.717, 1.165) is 18.5 Å². The average Bonchev–Trinajstić information content (AvgIpc) is 3.06. The summed E-state index contributed by atoms with van der Waals surface area (Å²) in [4.78, 5) is 25.3. The van der Waals surface area contributed by atoms with Crippen molar-refractivity contribution >= 4 is 11.6 Å². The van der Waals surface area contributed by atoms with Gasteiger partial charge in [-0.2, -0.15) is 0 Å². The molecule has 1 saturated heterocycles. The zero-order chi connectivity index (χ0) is 18.5. The summed E-state index contributed by atoms with van der Waals surface area (Å²) >= 11 is 0. The van der Waals surface area contributed by atoms with Crippen molar-refractivity contribution in [1.29, 1.82) is 0 Å². The number of hydrogen-bond donors (Lipinski definition) is 2. The van der Waals surface area contributed by atoms with Gasteiger partial charge in [-0.15, -0.1) is 0 Å². The van der Waals surface area contributed by atoms with Gasteiger partial charge < -0.3 is 19.7 Å². The second kappa shape index (κ2) is 7.94. The van der Waals surface area contributed by atoms with Crippen molar-refractivity contribution in [2.24, 2.45) is 0 Å². The number of piperidine rings is 1. The minimum Gasteiger partial charge on any atom is -0.493 e. The summed E-state index contributed by atoms with van der Waals surface area (Å²) in [6.07, 6.45) is 3.10. The molecule has 140 valence electrons. The summed E-state index contributed by atoms with van der Waals surface area (Å²) < 4.78 is 16.5. The Hall–Kier alpha value is -2.97. The van der Waals surface area contributed by atoms with Crippen molar-refractivity contribution < 1.29 is 23.5 Å². The Bertz CT molecular complexity index is 815. The van der Waals surface area contributed by atoms with Crippen LogP contribution in [0.5, 0.6) is 11.5 Å². The second-order valence-electron chi connectivity index (χ2n) is 6.16. The first-order valence-corrected chi connectivity index (χ1v) is 8.43. The van der Waals surface area contributed by atoms with Crippen LogP contribution in [0.3, 0.4) is 0 Å². The molecule has 2 N–H and O–H groups in total. The maximum absolute atomic E-state index is 12.4. The highest BCUT2D eigenvalue weighted by Gasteiger charge is 2.26. The molecule has 2 heterocycles. The van der Waals surface area contributed by atoms with E-state index in [-0.39, 0.29) is 18.5 Å².